The predicted molar refractivity (Wildman–Crippen MR) is 91.2 cm³/mol. The molecule has 3 aromatic rings. The van der Waals surface area contributed by atoms with Crippen molar-refractivity contribution < 1.29 is 4.74 Å². The number of aromatic nitrogens is 2. The largest absolute Gasteiger partial charge is 0.493 e. The van der Waals surface area contributed by atoms with E-state index < -0.39 is 0 Å². The van der Waals surface area contributed by atoms with E-state index in [1.807, 2.05) is 6.07 Å². The molecule has 3 heterocycles. The molecule has 1 N–H and O–H groups in total. The third kappa shape index (κ3) is 2.35. The molecule has 23 heavy (non-hydrogen) atoms. The quantitative estimate of drug-likeness (QED) is 0.791. The van der Waals surface area contributed by atoms with Crippen molar-refractivity contribution in [1.82, 2.24) is 14.7 Å². The van der Waals surface area contributed by atoms with Crippen molar-refractivity contribution in [2.45, 2.75) is 37.8 Å². The lowest BCUT2D eigenvalue weighted by molar-refractivity contribution is 0.252. The molecular weight excluding hydrogens is 306 g/mol. The summed E-state index contributed by atoms with van der Waals surface area (Å²) in [6.07, 6.45) is 5.74. The summed E-state index contributed by atoms with van der Waals surface area (Å²) in [5.41, 5.74) is 3.93. The van der Waals surface area contributed by atoms with E-state index in [-0.39, 0.29) is 0 Å². The average Bonchev–Trinajstić information content (AvgIpc) is 3.23. The molecule has 1 saturated carbocycles. The maximum Gasteiger partial charge on any atom is 0.194 e. The Labute approximate surface area is 139 Å². The van der Waals surface area contributed by atoms with Crippen molar-refractivity contribution >= 4 is 16.3 Å². The van der Waals surface area contributed by atoms with Crippen molar-refractivity contribution in [3.8, 4) is 5.75 Å². The van der Waals surface area contributed by atoms with Gasteiger partial charge in [0.05, 0.1) is 18.0 Å². The third-order valence-corrected chi connectivity index (χ3v) is 5.59. The van der Waals surface area contributed by atoms with Gasteiger partial charge < -0.3 is 10.1 Å². The van der Waals surface area contributed by atoms with Crippen LogP contribution in [0.2, 0.25) is 0 Å². The van der Waals surface area contributed by atoms with Gasteiger partial charge in [0.2, 0.25) is 0 Å². The molecule has 5 heteroatoms. The second-order valence-corrected chi connectivity index (χ2v) is 7.26. The minimum Gasteiger partial charge on any atom is -0.493 e. The average molecular weight is 325 g/mol. The number of rotatable bonds is 4. The molecule has 1 fully saturated rings. The molecule has 2 aromatic heterocycles. The third-order valence-electron chi connectivity index (χ3n) is 4.83. The number of benzene rings is 1. The predicted octanol–water partition coefficient (Wildman–Crippen LogP) is 3.89. The second-order valence-electron chi connectivity index (χ2n) is 6.38. The van der Waals surface area contributed by atoms with E-state index in [1.54, 1.807) is 11.3 Å². The normalized spacial score (nSPS) is 20.4. The van der Waals surface area contributed by atoms with E-state index >= 15 is 0 Å². The Morgan fingerprint density at radius 1 is 1.26 bits per heavy atom. The van der Waals surface area contributed by atoms with Gasteiger partial charge in [-0.3, -0.25) is 4.40 Å². The first kappa shape index (κ1) is 13.6. The maximum atomic E-state index is 5.76. The summed E-state index contributed by atoms with van der Waals surface area (Å²) in [6, 6.07) is 8.72. The van der Waals surface area contributed by atoms with E-state index in [2.05, 4.69) is 39.5 Å². The highest BCUT2D eigenvalue weighted by Crippen LogP contribution is 2.42. The fourth-order valence-electron chi connectivity index (χ4n) is 3.48. The number of fused-ring (bicyclic) bond motifs is 2. The number of ether oxygens (including phenoxy) is 1. The van der Waals surface area contributed by atoms with Crippen molar-refractivity contribution in [3.63, 3.8) is 0 Å². The monoisotopic (exact) mass is 325 g/mol. The molecule has 2 aliphatic rings. The number of thiazole rings is 1. The van der Waals surface area contributed by atoms with Crippen LogP contribution in [0.3, 0.4) is 0 Å². The van der Waals surface area contributed by atoms with Crippen molar-refractivity contribution in [1.29, 1.82) is 0 Å². The first-order valence-electron chi connectivity index (χ1n) is 8.29. The van der Waals surface area contributed by atoms with E-state index in [9.17, 15) is 0 Å². The van der Waals surface area contributed by atoms with Gasteiger partial charge in [-0.15, -0.1) is 11.3 Å². The Hall–Kier alpha value is -1.85. The molecule has 5 rings (SSSR count). The number of nitrogens with zero attached hydrogens (tertiary/aromatic N) is 2. The lowest BCUT2D eigenvalue weighted by atomic mass is 10.0. The lowest BCUT2D eigenvalue weighted by Crippen LogP contribution is -2.27. The van der Waals surface area contributed by atoms with E-state index in [1.165, 1.54) is 29.8 Å². The Balaban J connectivity index is 1.43. The Kier molecular flexibility index (Phi) is 3.16. The summed E-state index contributed by atoms with van der Waals surface area (Å²) in [5.74, 6) is 1.70. The molecule has 0 radical (unpaired) electrons. The first-order valence-corrected chi connectivity index (χ1v) is 9.17. The van der Waals surface area contributed by atoms with Crippen molar-refractivity contribution in [2.24, 2.45) is 0 Å². The smallest absolute Gasteiger partial charge is 0.194 e. The zero-order valence-corrected chi connectivity index (χ0v) is 13.7. The van der Waals surface area contributed by atoms with Gasteiger partial charge in [0.1, 0.15) is 5.75 Å². The van der Waals surface area contributed by atoms with E-state index in [4.69, 9.17) is 9.72 Å². The van der Waals surface area contributed by atoms with Crippen LogP contribution >= 0.6 is 11.3 Å². The number of nitrogens with one attached hydrogen (secondary N) is 1. The van der Waals surface area contributed by atoms with Gasteiger partial charge in [-0.05, 0) is 18.9 Å². The summed E-state index contributed by atoms with van der Waals surface area (Å²) in [5, 5.41) is 5.87. The van der Waals surface area contributed by atoms with Crippen LogP contribution in [0.25, 0.3) is 4.96 Å². The zero-order chi connectivity index (χ0) is 15.2. The van der Waals surface area contributed by atoms with Gasteiger partial charge in [-0.2, -0.15) is 0 Å². The molecule has 1 aliphatic carbocycles. The molecule has 1 aliphatic heterocycles. The van der Waals surface area contributed by atoms with E-state index in [0.717, 1.165) is 30.3 Å². The van der Waals surface area contributed by atoms with Gasteiger partial charge in [-0.25, -0.2) is 4.98 Å². The van der Waals surface area contributed by atoms with Gasteiger partial charge in [-0.1, -0.05) is 18.2 Å². The molecule has 118 valence electrons. The SMILES string of the molecule is c1ccc2c(c1)OCC[C@@H]2NCc1c(C2CC2)nc2sccn12. The molecule has 1 aromatic carbocycles. The van der Waals surface area contributed by atoms with Crippen LogP contribution in [-0.4, -0.2) is 16.0 Å². The fourth-order valence-corrected chi connectivity index (χ4v) is 4.22. The van der Waals surface area contributed by atoms with Gasteiger partial charge in [0, 0.05) is 42.1 Å². The van der Waals surface area contributed by atoms with Crippen LogP contribution < -0.4 is 10.1 Å². The number of imidazole rings is 1. The second kappa shape index (κ2) is 5.35. The summed E-state index contributed by atoms with van der Waals surface area (Å²) in [4.78, 5) is 5.98. The Morgan fingerprint density at radius 3 is 3.09 bits per heavy atom. The highest BCUT2D eigenvalue weighted by Gasteiger charge is 2.30. The molecule has 0 spiro atoms. The summed E-state index contributed by atoms with van der Waals surface area (Å²) >= 11 is 1.72. The maximum absolute atomic E-state index is 5.76. The minimum absolute atomic E-state index is 0.358. The zero-order valence-electron chi connectivity index (χ0n) is 12.9. The van der Waals surface area contributed by atoms with Crippen LogP contribution in [0, 0.1) is 0 Å². The van der Waals surface area contributed by atoms with Crippen molar-refractivity contribution in [2.75, 3.05) is 6.61 Å². The van der Waals surface area contributed by atoms with Gasteiger partial charge >= 0.3 is 0 Å². The Morgan fingerprint density at radius 2 is 2.17 bits per heavy atom. The summed E-state index contributed by atoms with van der Waals surface area (Å²) in [6.45, 7) is 1.65. The molecule has 0 amide bonds. The molecule has 4 nitrogen and oxygen atoms in total. The number of hydrogen-bond acceptors (Lipinski definition) is 4. The van der Waals surface area contributed by atoms with Gasteiger partial charge in [0.25, 0.3) is 0 Å². The molecule has 0 saturated heterocycles. The highest BCUT2D eigenvalue weighted by atomic mass is 32.1. The van der Waals surface area contributed by atoms with Crippen LogP contribution in [-0.2, 0) is 6.54 Å². The van der Waals surface area contributed by atoms with Crippen LogP contribution in [0.5, 0.6) is 5.75 Å². The molecule has 0 bridgehead atoms. The van der Waals surface area contributed by atoms with Crippen LogP contribution in [0.4, 0.5) is 0 Å². The summed E-state index contributed by atoms with van der Waals surface area (Å²) in [7, 11) is 0. The Bertz CT molecular complexity index is 849. The standard InChI is InChI=1S/C18H19N3OS/c1-2-4-16-13(3-1)14(7-9-22-16)19-11-15-17(12-5-6-12)20-18-21(15)8-10-23-18/h1-4,8,10,12,14,19H,5-7,9,11H2/t14-/m0/s1. The lowest BCUT2D eigenvalue weighted by Gasteiger charge is -2.26. The number of hydrogen-bond donors (Lipinski definition) is 1. The number of para-hydroxylation sites is 1. The van der Waals surface area contributed by atoms with Crippen LogP contribution in [0.15, 0.2) is 35.8 Å². The van der Waals surface area contributed by atoms with Crippen molar-refractivity contribution in [3.05, 3.63) is 52.8 Å². The van der Waals surface area contributed by atoms with Crippen LogP contribution in [0.1, 0.15) is 48.2 Å². The molecule has 1 atom stereocenters. The minimum atomic E-state index is 0.358. The summed E-state index contributed by atoms with van der Waals surface area (Å²) < 4.78 is 8.03. The first-order chi connectivity index (χ1) is 11.4. The fraction of sp³-hybridized carbons (Fsp3) is 0.389. The van der Waals surface area contributed by atoms with Gasteiger partial charge in [0.15, 0.2) is 4.96 Å². The highest BCUT2D eigenvalue weighted by molar-refractivity contribution is 7.15. The molecule has 0 unspecified atom stereocenters. The topological polar surface area (TPSA) is 38.6 Å². The van der Waals surface area contributed by atoms with E-state index in [0.29, 0.717) is 12.0 Å². The molecular formula is C18H19N3OS.